The number of halogens is 3. The van der Waals surface area contributed by atoms with Crippen LogP contribution in [0.4, 0.5) is 13.6 Å². The van der Waals surface area contributed by atoms with Crippen molar-refractivity contribution in [2.24, 2.45) is 0 Å². The lowest BCUT2D eigenvalue weighted by atomic mass is 10.2. The molecule has 0 spiro atoms. The first-order valence-corrected chi connectivity index (χ1v) is 7.51. The Morgan fingerprint density at radius 3 is 2.55 bits per heavy atom. The third-order valence-electron chi connectivity index (χ3n) is 2.50. The normalized spacial score (nSPS) is 11.5. The van der Waals surface area contributed by atoms with Gasteiger partial charge in [-0.3, -0.25) is 0 Å². The fraction of sp³-hybridized carbons (Fsp3) is 0.533. The van der Waals surface area contributed by atoms with Crippen molar-refractivity contribution in [3.63, 3.8) is 0 Å². The predicted octanol–water partition coefficient (Wildman–Crippen LogP) is 4.46. The fourth-order valence-electron chi connectivity index (χ4n) is 1.63. The van der Waals surface area contributed by atoms with Crippen LogP contribution in [0.2, 0.25) is 0 Å². The van der Waals surface area contributed by atoms with E-state index in [-0.39, 0.29) is 6.54 Å². The highest BCUT2D eigenvalue weighted by molar-refractivity contribution is 9.10. The van der Waals surface area contributed by atoms with Crippen molar-refractivity contribution in [2.45, 2.75) is 39.3 Å². The van der Waals surface area contributed by atoms with Crippen molar-refractivity contribution in [3.05, 3.63) is 28.2 Å². The topological polar surface area (TPSA) is 38.8 Å². The van der Waals surface area contributed by atoms with Crippen LogP contribution in [0.1, 0.15) is 26.3 Å². The number of rotatable bonds is 5. The van der Waals surface area contributed by atoms with E-state index in [4.69, 9.17) is 9.47 Å². The van der Waals surface area contributed by atoms with Crippen LogP contribution in [-0.4, -0.2) is 36.7 Å². The van der Waals surface area contributed by atoms with Gasteiger partial charge in [-0.05, 0) is 39.0 Å². The zero-order valence-electron chi connectivity index (χ0n) is 13.0. The summed E-state index contributed by atoms with van der Waals surface area (Å²) in [6.45, 7) is 4.82. The molecule has 0 bridgehead atoms. The molecule has 0 N–H and O–H groups in total. The fourth-order valence-corrected chi connectivity index (χ4v) is 2.03. The number of alkyl halides is 2. The number of ether oxygens (including phenoxy) is 2. The van der Waals surface area contributed by atoms with Gasteiger partial charge in [-0.25, -0.2) is 13.6 Å². The summed E-state index contributed by atoms with van der Waals surface area (Å²) in [5.41, 5.74) is 0.0147. The Morgan fingerprint density at radius 2 is 2.00 bits per heavy atom. The Labute approximate surface area is 137 Å². The highest BCUT2D eigenvalue weighted by atomic mass is 79.9. The summed E-state index contributed by atoms with van der Waals surface area (Å²) >= 11 is 3.31. The molecule has 0 aliphatic heterocycles. The van der Waals surface area contributed by atoms with Crippen LogP contribution in [0.5, 0.6) is 5.75 Å². The Hall–Kier alpha value is -1.37. The highest BCUT2D eigenvalue weighted by Crippen LogP contribution is 2.25. The van der Waals surface area contributed by atoms with Gasteiger partial charge in [0.1, 0.15) is 18.0 Å². The molecule has 0 aromatic heterocycles. The largest absolute Gasteiger partial charge is 0.487 e. The summed E-state index contributed by atoms with van der Waals surface area (Å²) < 4.78 is 35.7. The summed E-state index contributed by atoms with van der Waals surface area (Å²) in [5.74, 6) is 0.318. The van der Waals surface area contributed by atoms with E-state index in [2.05, 4.69) is 15.9 Å². The minimum atomic E-state index is -2.56. The van der Waals surface area contributed by atoms with Gasteiger partial charge < -0.3 is 14.4 Å². The SMILES string of the molecule is CN(Cc1cc(Br)ccc1OCC(F)F)C(=O)OC(C)(C)C. The van der Waals surface area contributed by atoms with Crippen LogP contribution in [0, 0.1) is 0 Å². The van der Waals surface area contributed by atoms with E-state index in [1.54, 1.807) is 46.0 Å². The van der Waals surface area contributed by atoms with Gasteiger partial charge in [0.2, 0.25) is 0 Å². The van der Waals surface area contributed by atoms with E-state index < -0.39 is 24.7 Å². The Bertz CT molecular complexity index is 518. The molecule has 0 saturated carbocycles. The minimum absolute atomic E-state index is 0.187. The van der Waals surface area contributed by atoms with Crippen LogP contribution >= 0.6 is 15.9 Å². The predicted molar refractivity (Wildman–Crippen MR) is 83.3 cm³/mol. The molecule has 1 aromatic carbocycles. The first kappa shape index (κ1) is 18.7. The standard InChI is InChI=1S/C15H20BrF2NO3/c1-15(2,3)22-14(20)19(4)8-10-7-11(16)5-6-12(10)21-9-13(17)18/h5-7,13H,8-9H2,1-4H3. The average molecular weight is 380 g/mol. The van der Waals surface area contributed by atoms with E-state index in [0.29, 0.717) is 11.3 Å². The molecule has 0 heterocycles. The van der Waals surface area contributed by atoms with Crippen LogP contribution in [0.3, 0.4) is 0 Å². The summed E-state index contributed by atoms with van der Waals surface area (Å²) in [7, 11) is 1.58. The molecule has 1 rings (SSSR count). The zero-order valence-corrected chi connectivity index (χ0v) is 14.6. The number of benzene rings is 1. The van der Waals surface area contributed by atoms with Gasteiger partial charge in [0, 0.05) is 17.1 Å². The molecule has 1 aromatic rings. The van der Waals surface area contributed by atoms with Crippen LogP contribution in [-0.2, 0) is 11.3 Å². The Kier molecular flexibility index (Phi) is 6.59. The number of carbonyl (C=O) groups excluding carboxylic acids is 1. The lowest BCUT2D eigenvalue weighted by Crippen LogP contribution is -2.33. The minimum Gasteiger partial charge on any atom is -0.487 e. The van der Waals surface area contributed by atoms with E-state index in [9.17, 15) is 13.6 Å². The first-order chi connectivity index (χ1) is 10.1. The van der Waals surface area contributed by atoms with Gasteiger partial charge in [-0.2, -0.15) is 0 Å². The number of hydrogen-bond acceptors (Lipinski definition) is 3. The second kappa shape index (κ2) is 7.76. The zero-order chi connectivity index (χ0) is 16.9. The van der Waals surface area contributed by atoms with Crippen molar-refractivity contribution in [2.75, 3.05) is 13.7 Å². The van der Waals surface area contributed by atoms with Crippen LogP contribution in [0.15, 0.2) is 22.7 Å². The molecule has 0 saturated heterocycles. The van der Waals surface area contributed by atoms with Gasteiger partial charge in [0.25, 0.3) is 6.43 Å². The summed E-state index contributed by atoms with van der Waals surface area (Å²) in [6, 6.07) is 5.00. The molecule has 1 amide bonds. The third kappa shape index (κ3) is 6.60. The Balaban J connectivity index is 2.82. The van der Waals surface area contributed by atoms with Crippen molar-refractivity contribution in [3.8, 4) is 5.75 Å². The number of amides is 1. The van der Waals surface area contributed by atoms with Crippen molar-refractivity contribution in [1.82, 2.24) is 4.90 Å². The lowest BCUT2D eigenvalue weighted by molar-refractivity contribution is 0.0281. The Morgan fingerprint density at radius 1 is 1.36 bits per heavy atom. The molecule has 7 heteroatoms. The van der Waals surface area contributed by atoms with Crippen molar-refractivity contribution >= 4 is 22.0 Å². The molecular weight excluding hydrogens is 360 g/mol. The molecular formula is C15H20BrF2NO3. The van der Waals surface area contributed by atoms with Gasteiger partial charge in [-0.15, -0.1) is 0 Å². The van der Waals surface area contributed by atoms with E-state index in [0.717, 1.165) is 4.47 Å². The van der Waals surface area contributed by atoms with Crippen LogP contribution < -0.4 is 4.74 Å². The quantitative estimate of drug-likeness (QED) is 0.757. The number of nitrogens with zero attached hydrogens (tertiary/aromatic N) is 1. The maximum Gasteiger partial charge on any atom is 0.410 e. The molecule has 0 aliphatic carbocycles. The monoisotopic (exact) mass is 379 g/mol. The molecule has 0 aliphatic rings. The summed E-state index contributed by atoms with van der Waals surface area (Å²) in [6.07, 6.45) is -3.05. The molecule has 0 unspecified atom stereocenters. The van der Waals surface area contributed by atoms with E-state index >= 15 is 0 Å². The van der Waals surface area contributed by atoms with Gasteiger partial charge >= 0.3 is 6.09 Å². The smallest absolute Gasteiger partial charge is 0.410 e. The van der Waals surface area contributed by atoms with Crippen molar-refractivity contribution in [1.29, 1.82) is 0 Å². The van der Waals surface area contributed by atoms with Crippen molar-refractivity contribution < 1.29 is 23.0 Å². The molecule has 22 heavy (non-hydrogen) atoms. The summed E-state index contributed by atoms with van der Waals surface area (Å²) in [4.78, 5) is 13.3. The molecule has 4 nitrogen and oxygen atoms in total. The molecule has 0 atom stereocenters. The molecule has 0 fully saturated rings. The molecule has 124 valence electrons. The molecule has 0 radical (unpaired) electrons. The highest BCUT2D eigenvalue weighted by Gasteiger charge is 2.20. The first-order valence-electron chi connectivity index (χ1n) is 6.72. The summed E-state index contributed by atoms with van der Waals surface area (Å²) in [5, 5.41) is 0. The second-order valence-corrected chi connectivity index (χ2v) is 6.71. The van der Waals surface area contributed by atoms with Gasteiger partial charge in [0.15, 0.2) is 0 Å². The van der Waals surface area contributed by atoms with Gasteiger partial charge in [0.05, 0.1) is 6.54 Å². The van der Waals surface area contributed by atoms with E-state index in [1.165, 1.54) is 4.90 Å². The number of carbonyl (C=O) groups is 1. The maximum atomic E-state index is 12.3. The third-order valence-corrected chi connectivity index (χ3v) is 2.99. The lowest BCUT2D eigenvalue weighted by Gasteiger charge is -2.25. The van der Waals surface area contributed by atoms with Crippen LogP contribution in [0.25, 0.3) is 0 Å². The average Bonchev–Trinajstić information content (AvgIpc) is 2.35. The van der Waals surface area contributed by atoms with Gasteiger partial charge in [-0.1, -0.05) is 15.9 Å². The van der Waals surface area contributed by atoms with E-state index in [1.807, 2.05) is 0 Å². The number of hydrogen-bond donors (Lipinski definition) is 0. The maximum absolute atomic E-state index is 12.3. The second-order valence-electron chi connectivity index (χ2n) is 5.79.